The quantitative estimate of drug-likeness (QED) is 0.169. The van der Waals surface area contributed by atoms with Crippen LogP contribution in [0.15, 0.2) is 25.0 Å². The van der Waals surface area contributed by atoms with Gasteiger partial charge in [0, 0.05) is 36.6 Å². The predicted octanol–water partition coefficient (Wildman–Crippen LogP) is -0.123. The van der Waals surface area contributed by atoms with Crippen molar-refractivity contribution in [2.75, 3.05) is 0 Å². The fraction of sp³-hybridized carbons (Fsp3) is 0.583. The van der Waals surface area contributed by atoms with Crippen molar-refractivity contribution >= 4 is 23.7 Å². The molecule has 5 atom stereocenters. The van der Waals surface area contributed by atoms with Crippen molar-refractivity contribution in [2.24, 2.45) is 17.6 Å². The summed E-state index contributed by atoms with van der Waals surface area (Å²) in [5, 5.41) is 17.5. The van der Waals surface area contributed by atoms with Crippen LogP contribution in [0.5, 0.6) is 0 Å². The Morgan fingerprint density at radius 2 is 1.35 bits per heavy atom. The van der Waals surface area contributed by atoms with Gasteiger partial charge in [-0.1, -0.05) is 34.1 Å². The van der Waals surface area contributed by atoms with E-state index in [2.05, 4.69) is 35.9 Å². The van der Waals surface area contributed by atoms with E-state index in [1.165, 1.54) is 25.0 Å². The Labute approximate surface area is 215 Å². The number of nitrogens with zero attached hydrogens (tertiary/aromatic N) is 2. The number of imidazole rings is 2. The number of nitrogens with two attached hydrogens (primary N) is 1. The number of carbonyl (C=O) groups excluding carboxylic acids is 3. The zero-order valence-corrected chi connectivity index (χ0v) is 21.7. The summed E-state index contributed by atoms with van der Waals surface area (Å²) in [7, 11) is 0. The molecule has 37 heavy (non-hydrogen) atoms. The van der Waals surface area contributed by atoms with E-state index in [1.807, 2.05) is 27.7 Å². The lowest BCUT2D eigenvalue weighted by Crippen LogP contribution is -2.58. The Hall–Kier alpha value is -3.74. The van der Waals surface area contributed by atoms with Crippen molar-refractivity contribution in [2.45, 2.75) is 77.5 Å². The number of aliphatic carboxylic acids is 1. The molecule has 0 aromatic carbocycles. The van der Waals surface area contributed by atoms with Crippen LogP contribution in [0.25, 0.3) is 0 Å². The third kappa shape index (κ3) is 9.33. The normalized spacial score (nSPS) is 15.3. The van der Waals surface area contributed by atoms with Gasteiger partial charge < -0.3 is 36.8 Å². The van der Waals surface area contributed by atoms with E-state index in [1.54, 1.807) is 0 Å². The molecule has 0 saturated carbocycles. The van der Waals surface area contributed by atoms with Gasteiger partial charge in [0.05, 0.1) is 18.7 Å². The molecule has 0 aliphatic rings. The molecule has 2 heterocycles. The lowest BCUT2D eigenvalue weighted by molar-refractivity contribution is -0.142. The Morgan fingerprint density at radius 1 is 0.865 bits per heavy atom. The summed E-state index contributed by atoms with van der Waals surface area (Å²) >= 11 is 0. The Kier molecular flexibility index (Phi) is 11.2. The van der Waals surface area contributed by atoms with E-state index < -0.39 is 47.9 Å². The second-order valence-corrected chi connectivity index (χ2v) is 9.62. The van der Waals surface area contributed by atoms with Gasteiger partial charge >= 0.3 is 5.97 Å². The zero-order chi connectivity index (χ0) is 27.5. The van der Waals surface area contributed by atoms with Crippen LogP contribution < -0.4 is 21.7 Å². The highest BCUT2D eigenvalue weighted by atomic mass is 16.4. The van der Waals surface area contributed by atoms with Crippen molar-refractivity contribution in [3.8, 4) is 0 Å². The van der Waals surface area contributed by atoms with Crippen molar-refractivity contribution in [1.29, 1.82) is 0 Å². The summed E-state index contributed by atoms with van der Waals surface area (Å²) in [5.41, 5.74) is 7.20. The molecule has 0 bridgehead atoms. The number of carboxylic acid groups (broad SMARTS) is 1. The molecule has 0 aliphatic carbocycles. The molecule has 8 N–H and O–H groups in total. The van der Waals surface area contributed by atoms with E-state index in [9.17, 15) is 24.3 Å². The first kappa shape index (κ1) is 29.5. The van der Waals surface area contributed by atoms with Gasteiger partial charge in [0.1, 0.15) is 18.1 Å². The highest BCUT2D eigenvalue weighted by molar-refractivity contribution is 5.94. The first-order valence-electron chi connectivity index (χ1n) is 12.4. The molecule has 2 rings (SSSR count). The number of aromatic amines is 2. The first-order chi connectivity index (χ1) is 17.5. The Bertz CT molecular complexity index is 1010. The van der Waals surface area contributed by atoms with Gasteiger partial charge in [0.2, 0.25) is 17.7 Å². The maximum absolute atomic E-state index is 13.3. The molecule has 13 nitrogen and oxygen atoms in total. The van der Waals surface area contributed by atoms with Crippen LogP contribution in [-0.4, -0.2) is 72.9 Å². The minimum atomic E-state index is -1.23. The number of carboxylic acids is 1. The van der Waals surface area contributed by atoms with Crippen molar-refractivity contribution in [1.82, 2.24) is 35.9 Å². The number of H-pyrrole nitrogens is 2. The smallest absolute Gasteiger partial charge is 0.326 e. The molecule has 204 valence electrons. The van der Waals surface area contributed by atoms with E-state index in [4.69, 9.17) is 5.73 Å². The SMILES string of the molecule is CCC(C)C(N)C(=O)NC(Cc1cnc[nH]1)C(=O)NC(CC(C)C)C(=O)NC(Cc1cnc[nH]1)C(=O)O. The molecule has 0 radical (unpaired) electrons. The van der Waals surface area contributed by atoms with Gasteiger partial charge in [0.15, 0.2) is 0 Å². The molecule has 0 spiro atoms. The summed E-state index contributed by atoms with van der Waals surface area (Å²) in [6.45, 7) is 7.51. The maximum atomic E-state index is 13.3. The lowest BCUT2D eigenvalue weighted by atomic mass is 9.98. The van der Waals surface area contributed by atoms with Crippen LogP contribution in [-0.2, 0) is 32.0 Å². The molecule has 0 saturated heterocycles. The molecular formula is C24H38N8O5. The van der Waals surface area contributed by atoms with Crippen LogP contribution in [0, 0.1) is 11.8 Å². The van der Waals surface area contributed by atoms with Crippen molar-refractivity contribution in [3.63, 3.8) is 0 Å². The maximum Gasteiger partial charge on any atom is 0.326 e. The van der Waals surface area contributed by atoms with Crippen LogP contribution in [0.3, 0.4) is 0 Å². The number of carbonyl (C=O) groups is 4. The molecule has 13 heteroatoms. The second-order valence-electron chi connectivity index (χ2n) is 9.62. The second kappa shape index (κ2) is 14.1. The highest BCUT2D eigenvalue weighted by Crippen LogP contribution is 2.10. The average molecular weight is 519 g/mol. The van der Waals surface area contributed by atoms with Gasteiger partial charge in [-0.05, 0) is 18.3 Å². The third-order valence-corrected chi connectivity index (χ3v) is 6.11. The van der Waals surface area contributed by atoms with Crippen LogP contribution >= 0.6 is 0 Å². The standard InChI is InChI=1S/C24H38N8O5/c1-5-14(4)20(25)23(35)31-18(7-15-9-26-11-28-15)22(34)30-17(6-13(2)3)21(33)32-19(24(36)37)8-16-10-27-12-29-16/h9-14,17-20H,5-8,25H2,1-4H3,(H,26,28)(H,27,29)(H,30,34)(H,31,35)(H,32,33)(H,36,37). The van der Waals surface area contributed by atoms with E-state index >= 15 is 0 Å². The van der Waals surface area contributed by atoms with E-state index in [-0.39, 0.29) is 31.1 Å². The summed E-state index contributed by atoms with van der Waals surface area (Å²) in [4.78, 5) is 64.5. The Balaban J connectivity index is 2.18. The van der Waals surface area contributed by atoms with Crippen molar-refractivity contribution < 1.29 is 24.3 Å². The lowest BCUT2D eigenvalue weighted by Gasteiger charge is -2.26. The van der Waals surface area contributed by atoms with Crippen LogP contribution in [0.1, 0.15) is 51.9 Å². The van der Waals surface area contributed by atoms with Gasteiger partial charge in [0.25, 0.3) is 0 Å². The molecular weight excluding hydrogens is 480 g/mol. The predicted molar refractivity (Wildman–Crippen MR) is 135 cm³/mol. The fourth-order valence-corrected chi connectivity index (χ4v) is 3.67. The van der Waals surface area contributed by atoms with E-state index in [0.29, 0.717) is 17.8 Å². The minimum Gasteiger partial charge on any atom is -0.480 e. The van der Waals surface area contributed by atoms with Crippen LogP contribution in [0.4, 0.5) is 0 Å². The number of aromatic nitrogens is 4. The molecule has 3 amide bonds. The van der Waals surface area contributed by atoms with E-state index in [0.717, 1.165) is 0 Å². The number of hydrogen-bond donors (Lipinski definition) is 7. The Morgan fingerprint density at radius 3 is 1.81 bits per heavy atom. The van der Waals surface area contributed by atoms with Gasteiger partial charge in [-0.15, -0.1) is 0 Å². The summed E-state index contributed by atoms with van der Waals surface area (Å²) in [6.07, 6.45) is 6.91. The molecule has 0 fully saturated rings. The summed E-state index contributed by atoms with van der Waals surface area (Å²) in [6, 6.07) is -4.10. The number of nitrogens with one attached hydrogen (secondary N) is 5. The van der Waals surface area contributed by atoms with Crippen LogP contribution in [0.2, 0.25) is 0 Å². The number of hydrogen-bond acceptors (Lipinski definition) is 7. The number of rotatable bonds is 15. The van der Waals surface area contributed by atoms with Gasteiger partial charge in [-0.25, -0.2) is 14.8 Å². The first-order valence-corrected chi connectivity index (χ1v) is 12.4. The number of amides is 3. The minimum absolute atomic E-state index is 0.00454. The molecule has 5 unspecified atom stereocenters. The topological polar surface area (TPSA) is 208 Å². The molecule has 2 aromatic heterocycles. The summed E-state index contributed by atoms with van der Waals surface area (Å²) in [5.74, 6) is -3.03. The van der Waals surface area contributed by atoms with Gasteiger partial charge in [-0.2, -0.15) is 0 Å². The average Bonchev–Trinajstić information content (AvgIpc) is 3.55. The highest BCUT2D eigenvalue weighted by Gasteiger charge is 2.32. The summed E-state index contributed by atoms with van der Waals surface area (Å²) < 4.78 is 0. The third-order valence-electron chi connectivity index (χ3n) is 6.11. The fourth-order valence-electron chi connectivity index (χ4n) is 3.67. The van der Waals surface area contributed by atoms with Crippen molar-refractivity contribution in [3.05, 3.63) is 36.4 Å². The largest absolute Gasteiger partial charge is 0.480 e. The molecule has 0 aliphatic heterocycles. The van der Waals surface area contributed by atoms with Gasteiger partial charge in [-0.3, -0.25) is 14.4 Å². The monoisotopic (exact) mass is 518 g/mol. The molecule has 2 aromatic rings. The zero-order valence-electron chi connectivity index (χ0n) is 21.7.